The van der Waals surface area contributed by atoms with Crippen molar-refractivity contribution < 1.29 is 9.90 Å². The van der Waals surface area contributed by atoms with Crippen molar-refractivity contribution in [2.45, 2.75) is 59.8 Å². The van der Waals surface area contributed by atoms with Crippen molar-refractivity contribution in [2.24, 2.45) is 5.41 Å². The number of carboxylic acids is 1. The number of hydrogen-bond acceptors (Lipinski definition) is 1. The van der Waals surface area contributed by atoms with Crippen molar-refractivity contribution in [3.8, 4) is 0 Å². The minimum Gasteiger partial charge on any atom is -0.478 e. The van der Waals surface area contributed by atoms with E-state index in [1.807, 2.05) is 6.92 Å². The first-order valence-corrected chi connectivity index (χ1v) is 6.42. The summed E-state index contributed by atoms with van der Waals surface area (Å²) in [6.45, 7) is 8.74. The van der Waals surface area contributed by atoms with Crippen LogP contribution in [0.5, 0.6) is 0 Å². The maximum atomic E-state index is 10.6. The van der Waals surface area contributed by atoms with Gasteiger partial charge in [0.05, 0.1) is 0 Å². The van der Waals surface area contributed by atoms with Crippen molar-refractivity contribution in [2.75, 3.05) is 0 Å². The molecule has 1 aliphatic rings. The van der Waals surface area contributed by atoms with Crippen LogP contribution in [0.25, 0.3) is 0 Å². The maximum absolute atomic E-state index is 10.6. The van der Waals surface area contributed by atoms with Crippen LogP contribution in [0.1, 0.15) is 59.8 Å². The number of rotatable bonds is 4. The summed E-state index contributed by atoms with van der Waals surface area (Å²) in [5.41, 5.74) is 4.32. The second-order valence-corrected chi connectivity index (χ2v) is 5.83. The molecule has 0 aromatic carbocycles. The van der Waals surface area contributed by atoms with Crippen molar-refractivity contribution in [3.63, 3.8) is 0 Å². The molecular weight excluding hydrogens is 212 g/mol. The van der Waals surface area contributed by atoms with E-state index in [2.05, 4.69) is 20.8 Å². The zero-order valence-corrected chi connectivity index (χ0v) is 11.5. The van der Waals surface area contributed by atoms with E-state index in [0.717, 1.165) is 18.4 Å². The fraction of sp³-hybridized carbons (Fsp3) is 0.667. The molecule has 0 bridgehead atoms. The van der Waals surface area contributed by atoms with Crippen molar-refractivity contribution in [1.29, 1.82) is 0 Å². The topological polar surface area (TPSA) is 37.3 Å². The number of carboxylic acid groups (broad SMARTS) is 1. The lowest BCUT2D eigenvalue weighted by molar-refractivity contribution is -0.131. The van der Waals surface area contributed by atoms with Crippen molar-refractivity contribution >= 4 is 5.97 Å². The van der Waals surface area contributed by atoms with Gasteiger partial charge >= 0.3 is 5.97 Å². The first kappa shape index (κ1) is 14.0. The molecule has 0 radical (unpaired) electrons. The van der Waals surface area contributed by atoms with E-state index in [1.54, 1.807) is 5.57 Å². The molecule has 1 rings (SSSR count). The van der Waals surface area contributed by atoms with Gasteiger partial charge in [-0.2, -0.15) is 0 Å². The third-order valence-electron chi connectivity index (χ3n) is 3.82. The molecule has 96 valence electrons. The summed E-state index contributed by atoms with van der Waals surface area (Å²) in [5, 5.41) is 8.69. The molecule has 2 nitrogen and oxygen atoms in total. The monoisotopic (exact) mass is 236 g/mol. The van der Waals surface area contributed by atoms with Gasteiger partial charge in [-0.05, 0) is 51.4 Å². The highest BCUT2D eigenvalue weighted by atomic mass is 16.4. The third kappa shape index (κ3) is 4.03. The quantitative estimate of drug-likeness (QED) is 0.583. The molecule has 0 atom stereocenters. The summed E-state index contributed by atoms with van der Waals surface area (Å²) in [7, 11) is 0. The Balaban J connectivity index is 2.70. The highest BCUT2D eigenvalue weighted by molar-refractivity contribution is 5.80. The molecule has 0 amide bonds. The van der Waals surface area contributed by atoms with Crippen LogP contribution in [0, 0.1) is 5.41 Å². The molecule has 0 aliphatic heterocycles. The number of hydrogen-bond donors (Lipinski definition) is 1. The first-order valence-electron chi connectivity index (χ1n) is 6.42. The molecule has 0 aromatic heterocycles. The lowest BCUT2D eigenvalue weighted by Crippen LogP contribution is -2.20. The van der Waals surface area contributed by atoms with Gasteiger partial charge in [0.25, 0.3) is 0 Å². The highest BCUT2D eigenvalue weighted by Gasteiger charge is 2.27. The predicted octanol–water partition coefficient (Wildman–Crippen LogP) is 4.32. The number of aliphatic carboxylic acids is 1. The number of allylic oxidation sites excluding steroid dienone is 3. The van der Waals surface area contributed by atoms with Crippen LogP contribution >= 0.6 is 0 Å². The predicted molar refractivity (Wildman–Crippen MR) is 71.0 cm³/mol. The summed E-state index contributed by atoms with van der Waals surface area (Å²) < 4.78 is 0. The molecule has 0 aromatic rings. The normalized spacial score (nSPS) is 20.6. The van der Waals surface area contributed by atoms with Crippen LogP contribution in [0.3, 0.4) is 0 Å². The van der Waals surface area contributed by atoms with Gasteiger partial charge in [0.1, 0.15) is 0 Å². The fourth-order valence-corrected chi connectivity index (χ4v) is 2.83. The van der Waals surface area contributed by atoms with Crippen LogP contribution in [0.15, 0.2) is 22.8 Å². The average molecular weight is 236 g/mol. The Hall–Kier alpha value is -1.05. The second-order valence-electron chi connectivity index (χ2n) is 5.83. The maximum Gasteiger partial charge on any atom is 0.328 e. The van der Waals surface area contributed by atoms with Gasteiger partial charge in [0.15, 0.2) is 0 Å². The molecule has 1 N–H and O–H groups in total. The van der Waals surface area contributed by atoms with Crippen molar-refractivity contribution in [1.82, 2.24) is 0 Å². The van der Waals surface area contributed by atoms with Crippen molar-refractivity contribution in [3.05, 3.63) is 22.8 Å². The average Bonchev–Trinajstić information content (AvgIpc) is 2.14. The number of carbonyl (C=O) groups is 1. The lowest BCUT2D eigenvalue weighted by Gasteiger charge is -2.34. The summed E-state index contributed by atoms with van der Waals surface area (Å²) in [6.07, 6.45) is 6.94. The van der Waals surface area contributed by atoms with Crippen LogP contribution in [-0.4, -0.2) is 11.1 Å². The molecule has 0 saturated heterocycles. The van der Waals surface area contributed by atoms with E-state index in [9.17, 15) is 4.79 Å². The smallest absolute Gasteiger partial charge is 0.328 e. The van der Waals surface area contributed by atoms with E-state index in [0.29, 0.717) is 5.41 Å². The van der Waals surface area contributed by atoms with Gasteiger partial charge in [0.2, 0.25) is 0 Å². The standard InChI is InChI=1S/C15H24O2/c1-11(10-14(16)17)7-8-13-12(2)6-5-9-15(13,3)4/h10H,5-9H2,1-4H3,(H,16,17)/b11-10+. The molecule has 0 heterocycles. The molecular formula is C15H24O2. The highest BCUT2D eigenvalue weighted by Crippen LogP contribution is 2.42. The van der Waals surface area contributed by atoms with Crippen LogP contribution in [0.2, 0.25) is 0 Å². The Morgan fingerprint density at radius 1 is 1.47 bits per heavy atom. The summed E-state index contributed by atoms with van der Waals surface area (Å²) in [5.74, 6) is -0.837. The molecule has 2 heteroatoms. The molecule has 0 unspecified atom stereocenters. The second kappa shape index (κ2) is 5.52. The van der Waals surface area contributed by atoms with Gasteiger partial charge < -0.3 is 5.11 Å². The van der Waals surface area contributed by atoms with E-state index in [-0.39, 0.29) is 0 Å². The Bertz CT molecular complexity index is 359. The minimum absolute atomic E-state index is 0.297. The van der Waals surface area contributed by atoms with Gasteiger partial charge in [-0.25, -0.2) is 4.79 Å². The summed E-state index contributed by atoms with van der Waals surface area (Å²) in [4.78, 5) is 10.6. The lowest BCUT2D eigenvalue weighted by atomic mass is 9.71. The van der Waals surface area contributed by atoms with Crippen LogP contribution < -0.4 is 0 Å². The Kier molecular flexibility index (Phi) is 4.55. The van der Waals surface area contributed by atoms with Gasteiger partial charge in [-0.3, -0.25) is 0 Å². The van der Waals surface area contributed by atoms with E-state index >= 15 is 0 Å². The minimum atomic E-state index is -0.837. The molecule has 0 spiro atoms. The van der Waals surface area contributed by atoms with E-state index in [1.165, 1.54) is 30.9 Å². The molecule has 17 heavy (non-hydrogen) atoms. The van der Waals surface area contributed by atoms with E-state index < -0.39 is 5.97 Å². The van der Waals surface area contributed by atoms with Gasteiger partial charge in [-0.1, -0.05) is 30.6 Å². The third-order valence-corrected chi connectivity index (χ3v) is 3.82. The molecule has 1 aliphatic carbocycles. The van der Waals surface area contributed by atoms with Crippen LogP contribution in [-0.2, 0) is 4.79 Å². The summed E-state index contributed by atoms with van der Waals surface area (Å²) >= 11 is 0. The van der Waals surface area contributed by atoms with Crippen LogP contribution in [0.4, 0.5) is 0 Å². The zero-order chi connectivity index (χ0) is 13.1. The Morgan fingerprint density at radius 3 is 2.65 bits per heavy atom. The fourth-order valence-electron chi connectivity index (χ4n) is 2.83. The molecule has 0 fully saturated rings. The van der Waals surface area contributed by atoms with Gasteiger partial charge in [-0.15, -0.1) is 0 Å². The zero-order valence-electron chi connectivity index (χ0n) is 11.5. The van der Waals surface area contributed by atoms with E-state index in [4.69, 9.17) is 5.11 Å². The SMILES string of the molecule is CC1=C(CC/C(C)=C/C(=O)O)C(C)(C)CCC1. The Morgan fingerprint density at radius 2 is 2.12 bits per heavy atom. The largest absolute Gasteiger partial charge is 0.478 e. The first-order chi connectivity index (χ1) is 7.83. The Labute approximate surface area is 104 Å². The molecule has 0 saturated carbocycles. The van der Waals surface area contributed by atoms with Gasteiger partial charge in [0, 0.05) is 6.08 Å². The summed E-state index contributed by atoms with van der Waals surface area (Å²) in [6, 6.07) is 0.